The summed E-state index contributed by atoms with van der Waals surface area (Å²) >= 11 is 0. The number of rotatable bonds is 39. The van der Waals surface area contributed by atoms with Crippen LogP contribution in [0.3, 0.4) is 0 Å². The molecule has 2 aliphatic heterocycles. The molecule has 60 heavy (non-hydrogen) atoms. The molecule has 2 aliphatic rings. The standard InChI is InChI=1S/C44H86O16/c1-3-5-7-9-11-13-15-17-19-21-23-53-29-33(57-43-41(51)39(49)37(47)35(27-45)59-43)31-55-25-26-56-32-34(58-44-42(52)40(50)38(48)36(28-46)60-44)30-54-24-22-20-18-16-14-12-10-8-6-4-2/h33-52H,3-32H2,1-2H3/t33?,34?,35?,36?,37-,38-,39+,40+,41?,42?,43-,44-/m1/s1. The second kappa shape index (κ2) is 35.7. The average Bonchev–Trinajstić information content (AvgIpc) is 3.25. The first-order valence-electron chi connectivity index (χ1n) is 23.4. The molecular formula is C44H86O16. The number of hydrogen-bond acceptors (Lipinski definition) is 16. The Morgan fingerprint density at radius 1 is 0.367 bits per heavy atom. The highest BCUT2D eigenvalue weighted by Crippen LogP contribution is 2.25. The third kappa shape index (κ3) is 23.3. The van der Waals surface area contributed by atoms with Crippen LogP contribution in [0.25, 0.3) is 0 Å². The van der Waals surface area contributed by atoms with Gasteiger partial charge in [-0.1, -0.05) is 129 Å². The quantitative estimate of drug-likeness (QED) is 0.0414. The molecular weight excluding hydrogens is 784 g/mol. The van der Waals surface area contributed by atoms with Crippen LogP contribution in [-0.4, -0.2) is 181 Å². The van der Waals surface area contributed by atoms with Gasteiger partial charge < -0.3 is 78.7 Å². The Morgan fingerprint density at radius 2 is 0.650 bits per heavy atom. The third-order valence-electron chi connectivity index (χ3n) is 11.2. The summed E-state index contributed by atoms with van der Waals surface area (Å²) in [6.45, 7) is 4.80. The van der Waals surface area contributed by atoms with Crippen molar-refractivity contribution in [3.63, 3.8) is 0 Å². The zero-order valence-corrected chi connectivity index (χ0v) is 37.0. The predicted molar refractivity (Wildman–Crippen MR) is 224 cm³/mol. The lowest BCUT2D eigenvalue weighted by Crippen LogP contribution is -2.60. The van der Waals surface area contributed by atoms with Gasteiger partial charge in [-0.25, -0.2) is 0 Å². The summed E-state index contributed by atoms with van der Waals surface area (Å²) in [4.78, 5) is 0. The first-order valence-corrected chi connectivity index (χ1v) is 23.4. The molecule has 2 fully saturated rings. The minimum Gasteiger partial charge on any atom is -0.394 e. The Balaban J connectivity index is 1.83. The molecule has 2 saturated heterocycles. The summed E-state index contributed by atoms with van der Waals surface area (Å²) in [6.07, 6.45) is 8.27. The molecule has 6 unspecified atom stereocenters. The number of hydrogen-bond donors (Lipinski definition) is 8. The van der Waals surface area contributed by atoms with Gasteiger partial charge in [-0.3, -0.25) is 0 Å². The summed E-state index contributed by atoms with van der Waals surface area (Å²) in [5, 5.41) is 81.3. The van der Waals surface area contributed by atoms with E-state index in [2.05, 4.69) is 13.8 Å². The minimum absolute atomic E-state index is 0.0170. The van der Waals surface area contributed by atoms with Crippen LogP contribution in [0, 0.1) is 0 Å². The predicted octanol–water partition coefficient (Wildman–Crippen LogP) is 3.26. The smallest absolute Gasteiger partial charge is 0.187 e. The molecule has 8 N–H and O–H groups in total. The highest BCUT2D eigenvalue weighted by atomic mass is 16.7. The second-order valence-electron chi connectivity index (χ2n) is 16.6. The molecule has 0 spiro atoms. The highest BCUT2D eigenvalue weighted by Gasteiger charge is 2.46. The molecule has 0 bridgehead atoms. The van der Waals surface area contributed by atoms with Crippen molar-refractivity contribution in [2.75, 3.05) is 66.1 Å². The van der Waals surface area contributed by atoms with E-state index in [4.69, 9.17) is 37.9 Å². The molecule has 16 nitrogen and oxygen atoms in total. The Kier molecular flexibility index (Phi) is 33.0. The maximum Gasteiger partial charge on any atom is 0.187 e. The van der Waals surface area contributed by atoms with Crippen LogP contribution >= 0.6 is 0 Å². The van der Waals surface area contributed by atoms with Crippen molar-refractivity contribution in [3.05, 3.63) is 0 Å². The normalized spacial score (nSPS) is 28.3. The van der Waals surface area contributed by atoms with E-state index < -0.39 is 86.8 Å². The lowest BCUT2D eigenvalue weighted by atomic mass is 9.99. The summed E-state index contributed by atoms with van der Waals surface area (Å²) in [5.41, 5.74) is 0. The fourth-order valence-corrected chi connectivity index (χ4v) is 7.35. The highest BCUT2D eigenvalue weighted by molar-refractivity contribution is 4.90. The van der Waals surface area contributed by atoms with Crippen molar-refractivity contribution in [1.82, 2.24) is 0 Å². The van der Waals surface area contributed by atoms with Crippen molar-refractivity contribution in [2.45, 2.75) is 216 Å². The topological polar surface area (TPSA) is 236 Å². The van der Waals surface area contributed by atoms with Crippen molar-refractivity contribution in [2.24, 2.45) is 0 Å². The average molecular weight is 871 g/mol. The zero-order chi connectivity index (χ0) is 43.8. The van der Waals surface area contributed by atoms with Crippen LogP contribution in [0.15, 0.2) is 0 Å². The van der Waals surface area contributed by atoms with E-state index in [-0.39, 0.29) is 39.6 Å². The monoisotopic (exact) mass is 871 g/mol. The van der Waals surface area contributed by atoms with Crippen molar-refractivity contribution in [3.8, 4) is 0 Å². The van der Waals surface area contributed by atoms with E-state index in [1.54, 1.807) is 0 Å². The Bertz CT molecular complexity index is 891. The molecule has 2 heterocycles. The van der Waals surface area contributed by atoms with Crippen LogP contribution in [0.2, 0.25) is 0 Å². The van der Waals surface area contributed by atoms with Gasteiger partial charge in [0.05, 0.1) is 52.9 Å². The van der Waals surface area contributed by atoms with Crippen LogP contribution in [0.1, 0.15) is 142 Å². The second-order valence-corrected chi connectivity index (χ2v) is 16.6. The summed E-state index contributed by atoms with van der Waals surface area (Å²) < 4.78 is 46.6. The minimum atomic E-state index is -1.58. The van der Waals surface area contributed by atoms with Gasteiger partial charge in [0, 0.05) is 13.2 Å². The molecule has 0 saturated carbocycles. The number of ether oxygens (including phenoxy) is 8. The first kappa shape index (κ1) is 55.5. The Labute approximate surface area is 360 Å². The fourth-order valence-electron chi connectivity index (χ4n) is 7.35. The van der Waals surface area contributed by atoms with E-state index in [1.807, 2.05) is 0 Å². The molecule has 0 aromatic carbocycles. The van der Waals surface area contributed by atoms with Crippen LogP contribution in [0.4, 0.5) is 0 Å². The lowest BCUT2D eigenvalue weighted by molar-refractivity contribution is -0.317. The van der Waals surface area contributed by atoms with Gasteiger partial charge >= 0.3 is 0 Å². The third-order valence-corrected chi connectivity index (χ3v) is 11.2. The van der Waals surface area contributed by atoms with E-state index in [1.165, 1.54) is 89.9 Å². The van der Waals surface area contributed by atoms with E-state index >= 15 is 0 Å². The first-order chi connectivity index (χ1) is 29.2. The fraction of sp³-hybridized carbons (Fsp3) is 1.00. The molecule has 2 rings (SSSR count). The van der Waals surface area contributed by atoms with Gasteiger partial charge in [0.2, 0.25) is 0 Å². The Morgan fingerprint density at radius 3 is 0.950 bits per heavy atom. The lowest BCUT2D eigenvalue weighted by Gasteiger charge is -2.40. The number of aliphatic hydroxyl groups excluding tert-OH is 8. The van der Waals surface area contributed by atoms with Crippen molar-refractivity contribution >= 4 is 0 Å². The molecule has 0 amide bonds. The summed E-state index contributed by atoms with van der Waals surface area (Å²) in [5.74, 6) is 0. The van der Waals surface area contributed by atoms with Gasteiger partial charge in [0.15, 0.2) is 12.6 Å². The van der Waals surface area contributed by atoms with Crippen LogP contribution in [0.5, 0.6) is 0 Å². The maximum atomic E-state index is 10.6. The Hall–Kier alpha value is -0.640. The SMILES string of the molecule is CCCCCCCCCCCCOCC(COCCOCC(COCCCCCCCCCCCC)O[C@@H]1OC(CO)[C@@H](O)[C@H](O)C1O)O[C@@H]1OC(CO)[C@@H](O)[C@H](O)C1O. The molecule has 0 aromatic rings. The van der Waals surface area contributed by atoms with Gasteiger partial charge in [-0.05, 0) is 12.8 Å². The molecule has 0 radical (unpaired) electrons. The van der Waals surface area contributed by atoms with Crippen LogP contribution in [-0.2, 0) is 37.9 Å². The van der Waals surface area contributed by atoms with Gasteiger partial charge in [0.1, 0.15) is 61.0 Å². The molecule has 0 aromatic heterocycles. The van der Waals surface area contributed by atoms with E-state index in [0.717, 1.165) is 38.5 Å². The van der Waals surface area contributed by atoms with Gasteiger partial charge in [0.25, 0.3) is 0 Å². The summed E-state index contributed by atoms with van der Waals surface area (Å²) in [7, 11) is 0. The number of unbranched alkanes of at least 4 members (excludes halogenated alkanes) is 18. The van der Waals surface area contributed by atoms with Gasteiger partial charge in [-0.15, -0.1) is 0 Å². The van der Waals surface area contributed by atoms with E-state index in [9.17, 15) is 40.9 Å². The summed E-state index contributed by atoms with van der Waals surface area (Å²) in [6, 6.07) is 0. The molecule has 16 heteroatoms. The molecule has 12 atom stereocenters. The maximum absolute atomic E-state index is 10.6. The largest absolute Gasteiger partial charge is 0.394 e. The molecule has 0 aliphatic carbocycles. The zero-order valence-electron chi connectivity index (χ0n) is 37.0. The van der Waals surface area contributed by atoms with E-state index in [0.29, 0.717) is 13.2 Å². The van der Waals surface area contributed by atoms with Crippen LogP contribution < -0.4 is 0 Å². The van der Waals surface area contributed by atoms with Crippen molar-refractivity contribution in [1.29, 1.82) is 0 Å². The number of aliphatic hydroxyl groups is 8. The van der Waals surface area contributed by atoms with Crippen molar-refractivity contribution < 1.29 is 78.7 Å². The van der Waals surface area contributed by atoms with Gasteiger partial charge in [-0.2, -0.15) is 0 Å². The molecule has 358 valence electrons.